The highest BCUT2D eigenvalue weighted by Crippen LogP contribution is 2.32. The molecule has 22 heavy (non-hydrogen) atoms. The van der Waals surface area contributed by atoms with Gasteiger partial charge in [-0.25, -0.2) is 13.1 Å². The summed E-state index contributed by atoms with van der Waals surface area (Å²) in [5, 5.41) is 2.71. The van der Waals surface area contributed by atoms with Gasteiger partial charge in [0.25, 0.3) is 5.91 Å². The summed E-state index contributed by atoms with van der Waals surface area (Å²) in [6.07, 6.45) is 3.45. The Morgan fingerprint density at radius 3 is 2.91 bits per heavy atom. The second kappa shape index (κ2) is 6.93. The minimum Gasteiger partial charge on any atom is -0.478 e. The van der Waals surface area contributed by atoms with Crippen LogP contribution in [0.4, 0.5) is 5.69 Å². The zero-order chi connectivity index (χ0) is 16.2. The molecule has 0 aromatic heterocycles. The number of fused-ring (bicyclic) bond motifs is 1. The maximum absolute atomic E-state index is 12.1. The van der Waals surface area contributed by atoms with E-state index in [1.54, 1.807) is 6.07 Å². The monoisotopic (exact) mass is 324 g/mol. The predicted molar refractivity (Wildman–Crippen MR) is 84.4 cm³/mol. The number of benzene rings is 1. The van der Waals surface area contributed by atoms with E-state index in [1.165, 1.54) is 18.2 Å². The number of ether oxygens (including phenoxy) is 1. The number of rotatable bonds is 7. The van der Waals surface area contributed by atoms with Crippen LogP contribution in [0.15, 0.2) is 35.7 Å². The standard InChI is InChI=1S/C15H20N2O4S/c1-3-5-6-14-15(18)17-12-10-11(7-8-13(12)21-14)22(19,20)16-9-4-2/h4,7-8,10,14,16H,2-3,5-6,9H2,1H3,(H,17,18). The molecule has 0 bridgehead atoms. The van der Waals surface area contributed by atoms with Crippen LogP contribution in [0, 0.1) is 0 Å². The van der Waals surface area contributed by atoms with E-state index in [0.29, 0.717) is 17.9 Å². The van der Waals surface area contributed by atoms with Gasteiger partial charge in [-0.05, 0) is 31.0 Å². The Hall–Kier alpha value is -1.86. The SMILES string of the molecule is C=CCNS(=O)(=O)c1ccc2c(c1)NC(=O)C(CCCC)O2. The summed E-state index contributed by atoms with van der Waals surface area (Å²) in [7, 11) is -3.63. The van der Waals surface area contributed by atoms with E-state index in [0.717, 1.165) is 12.8 Å². The van der Waals surface area contributed by atoms with Gasteiger partial charge in [0.15, 0.2) is 6.10 Å². The molecule has 2 N–H and O–H groups in total. The summed E-state index contributed by atoms with van der Waals surface area (Å²) in [6.45, 7) is 5.65. The average molecular weight is 324 g/mol. The zero-order valence-electron chi connectivity index (χ0n) is 12.5. The summed E-state index contributed by atoms with van der Waals surface area (Å²) in [6, 6.07) is 4.42. The largest absolute Gasteiger partial charge is 0.478 e. The third kappa shape index (κ3) is 3.66. The first-order chi connectivity index (χ1) is 10.5. The third-order valence-electron chi connectivity index (χ3n) is 3.32. The molecular formula is C15H20N2O4S. The number of hydrogen-bond donors (Lipinski definition) is 2. The summed E-state index contributed by atoms with van der Waals surface area (Å²) in [5.41, 5.74) is 0.374. The molecule has 0 saturated heterocycles. The Labute approximate surface area is 130 Å². The summed E-state index contributed by atoms with van der Waals surface area (Å²) < 4.78 is 32.1. The fourth-order valence-corrected chi connectivity index (χ4v) is 3.15. The Morgan fingerprint density at radius 1 is 1.45 bits per heavy atom. The molecule has 1 atom stereocenters. The fourth-order valence-electron chi connectivity index (χ4n) is 2.13. The minimum atomic E-state index is -3.63. The van der Waals surface area contributed by atoms with E-state index in [1.807, 2.05) is 6.92 Å². The quantitative estimate of drug-likeness (QED) is 0.752. The molecule has 1 aliphatic rings. The molecule has 1 amide bonds. The summed E-state index contributed by atoms with van der Waals surface area (Å²) in [5.74, 6) is 0.248. The van der Waals surface area contributed by atoms with Crippen molar-refractivity contribution in [2.24, 2.45) is 0 Å². The molecular weight excluding hydrogens is 304 g/mol. The van der Waals surface area contributed by atoms with Crippen LogP contribution in [0.1, 0.15) is 26.2 Å². The molecule has 1 unspecified atom stereocenters. The Kier molecular flexibility index (Phi) is 5.20. The molecule has 1 aromatic rings. The summed E-state index contributed by atoms with van der Waals surface area (Å²) in [4.78, 5) is 12.1. The third-order valence-corrected chi connectivity index (χ3v) is 4.74. The van der Waals surface area contributed by atoms with Crippen molar-refractivity contribution in [1.82, 2.24) is 4.72 Å². The maximum atomic E-state index is 12.1. The number of nitrogens with one attached hydrogen (secondary N) is 2. The van der Waals surface area contributed by atoms with E-state index < -0.39 is 16.1 Å². The van der Waals surface area contributed by atoms with Crippen LogP contribution in [0.3, 0.4) is 0 Å². The second-order valence-corrected chi connectivity index (χ2v) is 6.80. The van der Waals surface area contributed by atoms with Gasteiger partial charge in [-0.1, -0.05) is 19.4 Å². The molecule has 120 valence electrons. The van der Waals surface area contributed by atoms with Gasteiger partial charge >= 0.3 is 0 Å². The number of anilines is 1. The van der Waals surface area contributed by atoms with Gasteiger partial charge in [0.05, 0.1) is 10.6 Å². The van der Waals surface area contributed by atoms with Crippen molar-refractivity contribution >= 4 is 21.6 Å². The molecule has 1 aromatic carbocycles. The lowest BCUT2D eigenvalue weighted by atomic mass is 10.1. The number of carbonyl (C=O) groups excluding carboxylic acids is 1. The van der Waals surface area contributed by atoms with Gasteiger partial charge in [-0.15, -0.1) is 6.58 Å². The fraction of sp³-hybridized carbons (Fsp3) is 0.400. The van der Waals surface area contributed by atoms with Crippen molar-refractivity contribution in [2.75, 3.05) is 11.9 Å². The number of hydrogen-bond acceptors (Lipinski definition) is 4. The zero-order valence-corrected chi connectivity index (χ0v) is 13.3. The Bertz CT molecular complexity index is 670. The number of carbonyl (C=O) groups is 1. The average Bonchev–Trinajstić information content (AvgIpc) is 2.50. The van der Waals surface area contributed by atoms with Crippen molar-refractivity contribution < 1.29 is 17.9 Å². The first-order valence-electron chi connectivity index (χ1n) is 7.20. The highest BCUT2D eigenvalue weighted by Gasteiger charge is 2.28. The van der Waals surface area contributed by atoms with Crippen LogP contribution >= 0.6 is 0 Å². The van der Waals surface area contributed by atoms with Crippen molar-refractivity contribution in [3.8, 4) is 5.75 Å². The van der Waals surface area contributed by atoms with Crippen LogP contribution in [0.25, 0.3) is 0 Å². The van der Waals surface area contributed by atoms with Crippen molar-refractivity contribution in [3.05, 3.63) is 30.9 Å². The number of unbranched alkanes of at least 4 members (excludes halogenated alkanes) is 1. The lowest BCUT2D eigenvalue weighted by molar-refractivity contribution is -0.123. The van der Waals surface area contributed by atoms with Gasteiger partial charge in [0, 0.05) is 6.54 Å². The van der Waals surface area contributed by atoms with Crippen molar-refractivity contribution in [2.45, 2.75) is 37.2 Å². The molecule has 2 rings (SSSR count). The topological polar surface area (TPSA) is 84.5 Å². The molecule has 7 heteroatoms. The molecule has 0 radical (unpaired) electrons. The van der Waals surface area contributed by atoms with E-state index in [9.17, 15) is 13.2 Å². The van der Waals surface area contributed by atoms with Gasteiger partial charge < -0.3 is 10.1 Å². The van der Waals surface area contributed by atoms with Gasteiger partial charge in [0.2, 0.25) is 10.0 Å². The van der Waals surface area contributed by atoms with Crippen LogP contribution in [0.2, 0.25) is 0 Å². The van der Waals surface area contributed by atoms with E-state index >= 15 is 0 Å². The lowest BCUT2D eigenvalue weighted by Gasteiger charge is -2.26. The lowest BCUT2D eigenvalue weighted by Crippen LogP contribution is -2.37. The Balaban J connectivity index is 2.21. The molecule has 0 spiro atoms. The first-order valence-corrected chi connectivity index (χ1v) is 8.68. The van der Waals surface area contributed by atoms with Crippen molar-refractivity contribution in [1.29, 1.82) is 0 Å². The van der Waals surface area contributed by atoms with Gasteiger partial charge in [0.1, 0.15) is 5.75 Å². The van der Waals surface area contributed by atoms with Crippen LogP contribution in [0.5, 0.6) is 5.75 Å². The van der Waals surface area contributed by atoms with Crippen molar-refractivity contribution in [3.63, 3.8) is 0 Å². The smallest absolute Gasteiger partial charge is 0.265 e. The molecule has 1 heterocycles. The van der Waals surface area contributed by atoms with E-state index in [-0.39, 0.29) is 17.3 Å². The summed E-state index contributed by atoms with van der Waals surface area (Å²) >= 11 is 0. The minimum absolute atomic E-state index is 0.0732. The number of sulfonamides is 1. The molecule has 0 aliphatic carbocycles. The van der Waals surface area contributed by atoms with Crippen LogP contribution < -0.4 is 14.8 Å². The predicted octanol–water partition coefficient (Wildman–Crippen LogP) is 2.04. The molecule has 0 fully saturated rings. The second-order valence-electron chi connectivity index (χ2n) is 5.04. The van der Waals surface area contributed by atoms with Gasteiger partial charge in [-0.2, -0.15) is 0 Å². The van der Waals surface area contributed by atoms with E-state index in [2.05, 4.69) is 16.6 Å². The Morgan fingerprint density at radius 2 is 2.23 bits per heavy atom. The molecule has 1 aliphatic heterocycles. The number of amides is 1. The highest BCUT2D eigenvalue weighted by atomic mass is 32.2. The molecule has 6 nitrogen and oxygen atoms in total. The van der Waals surface area contributed by atoms with Crippen LogP contribution in [-0.2, 0) is 14.8 Å². The van der Waals surface area contributed by atoms with Gasteiger partial charge in [-0.3, -0.25) is 4.79 Å². The van der Waals surface area contributed by atoms with E-state index in [4.69, 9.17) is 4.74 Å². The van der Waals surface area contributed by atoms with Crippen LogP contribution in [-0.4, -0.2) is 27.0 Å². The highest BCUT2D eigenvalue weighted by molar-refractivity contribution is 7.89. The maximum Gasteiger partial charge on any atom is 0.265 e. The first kappa shape index (κ1) is 16.5. The molecule has 0 saturated carbocycles. The normalized spacial score (nSPS) is 17.3.